The van der Waals surface area contributed by atoms with Crippen molar-refractivity contribution in [2.24, 2.45) is 41.4 Å². The Morgan fingerprint density at radius 2 is 0.646 bits per heavy atom. The normalized spacial score (nSPS) is 12.4. The average Bonchev–Trinajstić information content (AvgIpc) is 3.17. The van der Waals surface area contributed by atoms with Crippen molar-refractivity contribution in [1.82, 2.24) is 0 Å². The lowest BCUT2D eigenvalue weighted by molar-refractivity contribution is 0.480. The molecule has 2 N–H and O–H groups in total. The van der Waals surface area contributed by atoms with Gasteiger partial charge in [0.1, 0.15) is 0 Å². The molecule has 0 radical (unpaired) electrons. The van der Waals surface area contributed by atoms with Gasteiger partial charge in [-0.15, -0.1) is 13.2 Å². The van der Waals surface area contributed by atoms with Crippen molar-refractivity contribution < 1.29 is 5.48 Å². The number of rotatable bonds is 30. The van der Waals surface area contributed by atoms with E-state index in [1.807, 2.05) is 19.9 Å². The minimum Gasteiger partial charge on any atom is -0.412 e. The molecule has 0 aromatic heterocycles. The van der Waals surface area contributed by atoms with Crippen molar-refractivity contribution in [3.8, 4) is 0 Å². The van der Waals surface area contributed by atoms with Crippen LogP contribution in [0, 0.1) is 41.4 Å². The van der Waals surface area contributed by atoms with E-state index >= 15 is 0 Å². The first-order valence-electron chi connectivity index (χ1n) is 27.2. The van der Waals surface area contributed by atoms with Crippen molar-refractivity contribution in [2.75, 3.05) is 0 Å². The third-order valence-corrected chi connectivity index (χ3v) is 15.3. The highest BCUT2D eigenvalue weighted by molar-refractivity contribution is 6.58. The van der Waals surface area contributed by atoms with E-state index in [0.717, 1.165) is 35.5 Å². The van der Waals surface area contributed by atoms with Crippen molar-refractivity contribution in [3.63, 3.8) is 0 Å². The van der Waals surface area contributed by atoms with Crippen LogP contribution in [0.5, 0.6) is 0 Å². The minimum atomic E-state index is -0.609. The molecule has 0 heterocycles. The Labute approximate surface area is 419 Å². The summed E-state index contributed by atoms with van der Waals surface area (Å²) in [7, 11) is 0. The number of hydrogen-bond donors (Lipinski definition) is 0. The second-order valence-electron chi connectivity index (χ2n) is 22.9. The van der Waals surface area contributed by atoms with E-state index in [4.69, 9.17) is 0 Å². The highest BCUT2D eigenvalue weighted by atomic mass is 27.2. The third kappa shape index (κ3) is 80.1. The Hall–Kier alpha value is -1.33. The van der Waals surface area contributed by atoms with Crippen LogP contribution in [0.2, 0.25) is 15.8 Å². The first-order valence-corrected chi connectivity index (χ1v) is 29.6. The lowest BCUT2D eigenvalue weighted by Gasteiger charge is -2.19. The third-order valence-electron chi connectivity index (χ3n) is 11.9. The summed E-state index contributed by atoms with van der Waals surface area (Å²) in [5, 5.41) is 4.74. The van der Waals surface area contributed by atoms with Crippen LogP contribution in [0.4, 0.5) is 0 Å². The van der Waals surface area contributed by atoms with Crippen molar-refractivity contribution >= 4 is 14.1 Å². The van der Waals surface area contributed by atoms with E-state index in [0.29, 0.717) is 5.92 Å². The molecule has 0 aliphatic carbocycles. The molecule has 0 saturated carbocycles. The quantitative estimate of drug-likeness (QED) is 0.0508. The van der Waals surface area contributed by atoms with Crippen LogP contribution < -0.4 is 0 Å². The highest BCUT2D eigenvalue weighted by Gasteiger charge is 2.20. The fourth-order valence-corrected chi connectivity index (χ4v) is 10.9. The van der Waals surface area contributed by atoms with Gasteiger partial charge in [-0.1, -0.05) is 200 Å². The Balaban J connectivity index is -0.000000207. The number of hydrogen-bond acceptors (Lipinski definition) is 0. The minimum absolute atomic E-state index is 0. The van der Waals surface area contributed by atoms with Gasteiger partial charge in [0.05, 0.1) is 0 Å². The van der Waals surface area contributed by atoms with Gasteiger partial charge >= 0.3 is 0 Å². The second kappa shape index (κ2) is 53.6. The van der Waals surface area contributed by atoms with Gasteiger partial charge in [-0.3, -0.25) is 0 Å². The van der Waals surface area contributed by atoms with Gasteiger partial charge in [0.25, 0.3) is 14.1 Å². The van der Waals surface area contributed by atoms with Gasteiger partial charge in [-0.05, 0) is 189 Å². The van der Waals surface area contributed by atoms with Crippen LogP contribution in [0.25, 0.3) is 0 Å². The van der Waals surface area contributed by atoms with E-state index in [1.165, 1.54) is 143 Å². The first kappa shape index (κ1) is 75.2. The maximum Gasteiger partial charge on any atom is 0.261 e. The molecule has 0 aliphatic rings. The fraction of sp³-hybridized carbons (Fsp3) is 0.778. The van der Waals surface area contributed by atoms with Crippen LogP contribution in [-0.4, -0.2) is 19.6 Å². The van der Waals surface area contributed by atoms with E-state index in [9.17, 15) is 0 Å². The molecular weight excluding hydrogens is 800 g/mol. The molecule has 0 aliphatic heterocycles. The van der Waals surface area contributed by atoms with Crippen LogP contribution in [-0.2, 0) is 0 Å². The topological polar surface area (TPSA) is 31.5 Å². The highest BCUT2D eigenvalue weighted by Crippen LogP contribution is 2.26. The monoisotopic (exact) mass is 925 g/mol. The molecule has 386 valence electrons. The molecule has 1 nitrogen and oxygen atoms in total. The van der Waals surface area contributed by atoms with Crippen molar-refractivity contribution in [2.45, 2.75) is 277 Å². The van der Waals surface area contributed by atoms with Crippen LogP contribution in [0.1, 0.15) is 261 Å². The van der Waals surface area contributed by atoms with Gasteiger partial charge in [-0.25, -0.2) is 0 Å². The zero-order valence-corrected chi connectivity index (χ0v) is 50.3. The molecular formula is C63H125AlO. The molecule has 0 fully saturated rings. The van der Waals surface area contributed by atoms with Crippen LogP contribution in [0.15, 0.2) is 83.1 Å². The zero-order valence-electron chi connectivity index (χ0n) is 49.1. The van der Waals surface area contributed by atoms with Gasteiger partial charge in [-0.2, -0.15) is 0 Å². The SMILES string of the molecule is C=C(C)C.C=CC(C)CCC=C(C)C.CC(C)=CCCC(C)C[CH2][Al]([CH2]CC(C)CCC=C(C)C)[CH2]CC(C)CCC=C(C)C.CC(C)CCCC(C)C.CCC(C)CCC=C(C)C.O. The maximum atomic E-state index is 3.74. The molecule has 2 heteroatoms. The van der Waals surface area contributed by atoms with Crippen molar-refractivity contribution in [1.29, 1.82) is 0 Å². The lowest BCUT2D eigenvalue weighted by atomic mass is 10.0. The summed E-state index contributed by atoms with van der Waals surface area (Å²) in [4.78, 5) is 0. The van der Waals surface area contributed by atoms with E-state index < -0.39 is 14.1 Å². The van der Waals surface area contributed by atoms with Gasteiger partial charge in [0.2, 0.25) is 0 Å². The van der Waals surface area contributed by atoms with Crippen LogP contribution in [0.3, 0.4) is 0 Å². The molecule has 0 spiro atoms. The molecule has 0 aromatic rings. The molecule has 65 heavy (non-hydrogen) atoms. The smallest absolute Gasteiger partial charge is 0.261 e. The zero-order chi connectivity index (χ0) is 50.5. The summed E-state index contributed by atoms with van der Waals surface area (Å²) in [5.41, 5.74) is 8.45. The summed E-state index contributed by atoms with van der Waals surface area (Å²) < 4.78 is 0. The predicted molar refractivity (Wildman–Crippen MR) is 311 cm³/mol. The summed E-state index contributed by atoms with van der Waals surface area (Å²) in [6.45, 7) is 56.6. The average molecular weight is 926 g/mol. The van der Waals surface area contributed by atoms with Crippen LogP contribution >= 0.6 is 0 Å². The second-order valence-corrected chi connectivity index (χ2v) is 26.3. The Kier molecular flexibility index (Phi) is 62.0. The van der Waals surface area contributed by atoms with Gasteiger partial charge in [0.15, 0.2) is 0 Å². The standard InChI is InChI=1S/C10H20.3C10H19.C10H18.C9H20.C4H8.Al.H2O/c5*1-5-10(4)8-6-7-9(2)3;1-8(2)6-5-7-9(3)4;1-4(2)3;;/h7,10H,5-6,8H2,1-4H3;3*7,10H,1,5-6,8H2,2-4H3;5,7,10H,1,6,8H2,2-4H3;8-9H,5-7H2,1-4H3;1H2,2-3H3;;1H2. The van der Waals surface area contributed by atoms with Gasteiger partial charge < -0.3 is 5.48 Å². The molecule has 0 saturated heterocycles. The van der Waals surface area contributed by atoms with E-state index in [2.05, 4.69) is 182 Å². The molecule has 0 bridgehead atoms. The van der Waals surface area contributed by atoms with E-state index in [1.54, 1.807) is 15.8 Å². The summed E-state index contributed by atoms with van der Waals surface area (Å²) in [6.07, 6.45) is 36.9. The molecule has 5 unspecified atom stereocenters. The largest absolute Gasteiger partial charge is 0.412 e. The lowest BCUT2D eigenvalue weighted by Crippen LogP contribution is -2.16. The summed E-state index contributed by atoms with van der Waals surface area (Å²) >= 11 is -0.609. The predicted octanol–water partition coefficient (Wildman–Crippen LogP) is 22.4. The Morgan fingerprint density at radius 1 is 0.400 bits per heavy atom. The van der Waals surface area contributed by atoms with Crippen molar-refractivity contribution in [3.05, 3.63) is 83.1 Å². The maximum absolute atomic E-state index is 3.74. The van der Waals surface area contributed by atoms with E-state index in [-0.39, 0.29) is 5.48 Å². The molecule has 0 rings (SSSR count). The number of allylic oxidation sites excluding steroid dienone is 12. The van der Waals surface area contributed by atoms with Gasteiger partial charge in [0, 0.05) is 0 Å². The molecule has 0 aromatic carbocycles. The summed E-state index contributed by atoms with van der Waals surface area (Å²) in [6, 6.07) is 0. The summed E-state index contributed by atoms with van der Waals surface area (Å²) in [5.74, 6) is 6.04. The fourth-order valence-electron chi connectivity index (χ4n) is 6.94. The Morgan fingerprint density at radius 3 is 0.862 bits per heavy atom. The Bertz CT molecular complexity index is 1080. The molecule has 0 amide bonds. The first-order chi connectivity index (χ1) is 29.8. The molecule has 5 atom stereocenters.